The Morgan fingerprint density at radius 1 is 1.41 bits per heavy atom. The van der Waals surface area contributed by atoms with E-state index in [2.05, 4.69) is 22.4 Å². The summed E-state index contributed by atoms with van der Waals surface area (Å²) in [6, 6.07) is 0. The van der Waals surface area contributed by atoms with Crippen molar-refractivity contribution < 1.29 is 4.79 Å². The summed E-state index contributed by atoms with van der Waals surface area (Å²) >= 11 is 0. The van der Waals surface area contributed by atoms with Crippen molar-refractivity contribution in [1.82, 2.24) is 10.2 Å². The zero-order valence-corrected chi connectivity index (χ0v) is 10.9. The molecule has 0 radical (unpaired) electrons. The van der Waals surface area contributed by atoms with E-state index in [0.717, 1.165) is 36.3 Å². The summed E-state index contributed by atoms with van der Waals surface area (Å²) in [5.41, 5.74) is 2.51. The molecule has 1 aliphatic rings. The Morgan fingerprint density at radius 2 is 2.06 bits per heavy atom. The molecular formula is C13H21N3O. The summed E-state index contributed by atoms with van der Waals surface area (Å²) in [4.78, 5) is 12.4. The number of carbonyl (C=O) groups is 1. The molecule has 4 nitrogen and oxygen atoms in total. The lowest BCUT2D eigenvalue weighted by Crippen LogP contribution is -2.33. The summed E-state index contributed by atoms with van der Waals surface area (Å²) in [5, 5.41) is 10.1. The number of aryl methyl sites for hydroxylation is 2. The number of hydrogen-bond acceptors (Lipinski definition) is 2. The Hall–Kier alpha value is -1.32. The topological polar surface area (TPSA) is 57.8 Å². The molecule has 2 N–H and O–H groups in total. The third kappa shape index (κ3) is 2.08. The number of H-pyrrole nitrogens is 1. The van der Waals surface area contributed by atoms with Crippen LogP contribution in [0.15, 0.2) is 0 Å². The van der Waals surface area contributed by atoms with Crippen LogP contribution in [0.2, 0.25) is 0 Å². The Kier molecular flexibility index (Phi) is 3.22. The van der Waals surface area contributed by atoms with E-state index in [-0.39, 0.29) is 11.3 Å². The molecule has 1 aliphatic carbocycles. The van der Waals surface area contributed by atoms with Crippen LogP contribution in [-0.4, -0.2) is 16.1 Å². The average molecular weight is 235 g/mol. The van der Waals surface area contributed by atoms with E-state index < -0.39 is 0 Å². The Morgan fingerprint density at radius 3 is 2.53 bits per heavy atom. The van der Waals surface area contributed by atoms with Gasteiger partial charge in [-0.15, -0.1) is 0 Å². The van der Waals surface area contributed by atoms with E-state index in [9.17, 15) is 4.79 Å². The molecule has 1 amide bonds. The third-order valence-electron chi connectivity index (χ3n) is 4.09. The Balaban J connectivity index is 2.16. The first-order chi connectivity index (χ1) is 8.09. The second kappa shape index (κ2) is 4.51. The van der Waals surface area contributed by atoms with Crippen molar-refractivity contribution in [2.45, 2.75) is 52.9 Å². The van der Waals surface area contributed by atoms with Crippen LogP contribution in [0.1, 0.15) is 50.4 Å². The fourth-order valence-corrected chi connectivity index (χ4v) is 2.77. The first-order valence-electron chi connectivity index (χ1n) is 6.42. The zero-order chi connectivity index (χ0) is 12.5. The number of nitrogens with zero attached hydrogens (tertiary/aromatic N) is 1. The highest BCUT2D eigenvalue weighted by atomic mass is 16.2. The van der Waals surface area contributed by atoms with Gasteiger partial charge in [-0.1, -0.05) is 19.8 Å². The van der Waals surface area contributed by atoms with Crippen LogP contribution in [0.4, 0.5) is 5.69 Å². The molecule has 4 heteroatoms. The maximum Gasteiger partial charge on any atom is 0.230 e. The van der Waals surface area contributed by atoms with Gasteiger partial charge < -0.3 is 5.32 Å². The monoisotopic (exact) mass is 235 g/mol. The summed E-state index contributed by atoms with van der Waals surface area (Å²) in [6.07, 6.45) is 5.31. The van der Waals surface area contributed by atoms with Crippen molar-refractivity contribution >= 4 is 11.6 Å². The van der Waals surface area contributed by atoms with Crippen LogP contribution in [0.3, 0.4) is 0 Å². The number of anilines is 1. The summed E-state index contributed by atoms with van der Waals surface area (Å²) in [6.45, 7) is 5.95. The number of carbonyl (C=O) groups excluding carboxylic acids is 1. The van der Waals surface area contributed by atoms with E-state index in [1.165, 1.54) is 12.8 Å². The molecule has 0 aliphatic heterocycles. The maximum atomic E-state index is 12.4. The summed E-state index contributed by atoms with van der Waals surface area (Å²) in [7, 11) is 0. The highest BCUT2D eigenvalue weighted by Gasteiger charge is 2.39. The fourth-order valence-electron chi connectivity index (χ4n) is 2.77. The minimum atomic E-state index is -0.143. The van der Waals surface area contributed by atoms with E-state index in [1.807, 2.05) is 13.8 Å². The van der Waals surface area contributed by atoms with Crippen molar-refractivity contribution in [3.8, 4) is 0 Å². The third-order valence-corrected chi connectivity index (χ3v) is 4.09. The summed E-state index contributed by atoms with van der Waals surface area (Å²) < 4.78 is 0. The number of amides is 1. The van der Waals surface area contributed by atoms with Crippen LogP contribution in [-0.2, 0) is 4.79 Å². The van der Waals surface area contributed by atoms with Gasteiger partial charge in [0.2, 0.25) is 5.91 Å². The predicted octanol–water partition coefficient (Wildman–Crippen LogP) is 2.94. The lowest BCUT2D eigenvalue weighted by Gasteiger charge is -2.26. The second-order valence-corrected chi connectivity index (χ2v) is 5.10. The van der Waals surface area contributed by atoms with E-state index in [1.54, 1.807) is 0 Å². The van der Waals surface area contributed by atoms with E-state index in [0.29, 0.717) is 0 Å². The van der Waals surface area contributed by atoms with Crippen molar-refractivity contribution in [2.24, 2.45) is 5.41 Å². The molecule has 94 valence electrons. The number of hydrogen-bond donors (Lipinski definition) is 2. The standard InChI is InChI=1S/C13H21N3O/c1-4-13(7-5-6-8-13)12(17)14-11-9(2)15-16-10(11)3/h4-8H2,1-3H3,(H,14,17)(H,15,16). The number of rotatable bonds is 3. The first kappa shape index (κ1) is 12.1. The van der Waals surface area contributed by atoms with Crippen molar-refractivity contribution in [1.29, 1.82) is 0 Å². The first-order valence-corrected chi connectivity index (χ1v) is 6.42. The van der Waals surface area contributed by atoms with Gasteiger partial charge in [0.25, 0.3) is 0 Å². The molecule has 17 heavy (non-hydrogen) atoms. The van der Waals surface area contributed by atoms with E-state index in [4.69, 9.17) is 0 Å². The van der Waals surface area contributed by atoms with Gasteiger partial charge in [0.05, 0.1) is 17.1 Å². The van der Waals surface area contributed by atoms with Gasteiger partial charge >= 0.3 is 0 Å². The maximum absolute atomic E-state index is 12.4. The molecule has 0 saturated heterocycles. The lowest BCUT2D eigenvalue weighted by molar-refractivity contribution is -0.125. The van der Waals surface area contributed by atoms with Gasteiger partial charge in [-0.2, -0.15) is 5.10 Å². The smallest absolute Gasteiger partial charge is 0.230 e. The molecule has 1 fully saturated rings. The second-order valence-electron chi connectivity index (χ2n) is 5.10. The van der Waals surface area contributed by atoms with Crippen LogP contribution in [0.25, 0.3) is 0 Å². The normalized spacial score (nSPS) is 18.3. The minimum absolute atomic E-state index is 0.143. The van der Waals surface area contributed by atoms with Crippen molar-refractivity contribution in [3.63, 3.8) is 0 Å². The van der Waals surface area contributed by atoms with Gasteiger partial charge in [-0.25, -0.2) is 0 Å². The number of aromatic nitrogens is 2. The Labute approximate surface area is 102 Å². The molecule has 0 unspecified atom stereocenters. The average Bonchev–Trinajstić information content (AvgIpc) is 2.91. The molecule has 0 bridgehead atoms. The fraction of sp³-hybridized carbons (Fsp3) is 0.692. The van der Waals surface area contributed by atoms with Crippen LogP contribution in [0.5, 0.6) is 0 Å². The van der Waals surface area contributed by atoms with Crippen LogP contribution in [0, 0.1) is 19.3 Å². The van der Waals surface area contributed by atoms with Crippen LogP contribution >= 0.6 is 0 Å². The van der Waals surface area contributed by atoms with Gasteiger partial charge in [-0.05, 0) is 33.1 Å². The van der Waals surface area contributed by atoms with Crippen molar-refractivity contribution in [3.05, 3.63) is 11.4 Å². The number of nitrogens with one attached hydrogen (secondary N) is 2. The molecule has 1 aromatic heterocycles. The van der Waals surface area contributed by atoms with E-state index >= 15 is 0 Å². The van der Waals surface area contributed by atoms with Gasteiger partial charge in [0.1, 0.15) is 0 Å². The predicted molar refractivity (Wildman–Crippen MR) is 67.9 cm³/mol. The summed E-state index contributed by atoms with van der Waals surface area (Å²) in [5.74, 6) is 0.171. The van der Waals surface area contributed by atoms with Gasteiger partial charge in [0, 0.05) is 5.41 Å². The largest absolute Gasteiger partial charge is 0.322 e. The number of aromatic amines is 1. The minimum Gasteiger partial charge on any atom is -0.322 e. The highest BCUT2D eigenvalue weighted by molar-refractivity contribution is 5.96. The van der Waals surface area contributed by atoms with Crippen molar-refractivity contribution in [2.75, 3.05) is 5.32 Å². The molecule has 2 rings (SSSR count). The quantitative estimate of drug-likeness (QED) is 0.846. The molecule has 0 atom stereocenters. The van der Waals surface area contributed by atoms with Crippen LogP contribution < -0.4 is 5.32 Å². The molecule has 1 aromatic rings. The SMILES string of the molecule is CCC1(C(=O)Nc2c(C)n[nH]c2C)CCCC1. The Bertz CT molecular complexity index is 397. The molecule has 0 aromatic carbocycles. The molecule has 1 saturated carbocycles. The zero-order valence-electron chi connectivity index (χ0n) is 10.9. The molecule has 1 heterocycles. The molecular weight excluding hydrogens is 214 g/mol. The lowest BCUT2D eigenvalue weighted by atomic mass is 9.82. The highest BCUT2D eigenvalue weighted by Crippen LogP contribution is 2.42. The molecule has 0 spiro atoms. The van der Waals surface area contributed by atoms with Gasteiger partial charge in [-0.3, -0.25) is 9.89 Å². The van der Waals surface area contributed by atoms with Gasteiger partial charge in [0.15, 0.2) is 0 Å².